The van der Waals surface area contributed by atoms with E-state index in [0.29, 0.717) is 0 Å². The van der Waals surface area contributed by atoms with Crippen LogP contribution >= 0.6 is 20.4 Å². The Morgan fingerprint density at radius 3 is 1.57 bits per heavy atom. The number of hydrogen-bond acceptors (Lipinski definition) is 0. The molecular formula is C5H11ClS. The topological polar surface area (TPSA) is 0 Å². The molecule has 0 amide bonds. The number of halogens is 1. The highest BCUT2D eigenvalue weighted by molar-refractivity contribution is 8.34. The Hall–Kier alpha value is 0.510. The molecule has 0 aromatic heterocycles. The van der Waals surface area contributed by atoms with Crippen molar-refractivity contribution in [2.75, 3.05) is 0 Å². The van der Waals surface area contributed by atoms with Crippen molar-refractivity contribution in [1.29, 1.82) is 0 Å². The maximum absolute atomic E-state index is 5.67. The van der Waals surface area contributed by atoms with E-state index in [1.807, 2.05) is 0 Å². The maximum atomic E-state index is 5.67. The summed E-state index contributed by atoms with van der Waals surface area (Å²) in [6.45, 7) is 6.24. The minimum Gasteiger partial charge on any atom is -0.0964 e. The summed E-state index contributed by atoms with van der Waals surface area (Å²) in [5.41, 5.74) is 0. The van der Waals surface area contributed by atoms with Crippen LogP contribution in [-0.2, 0) is 0 Å². The van der Waals surface area contributed by atoms with Gasteiger partial charge in [-0.15, -0.1) is 0 Å². The third-order valence-corrected chi connectivity index (χ3v) is 3.38. The van der Waals surface area contributed by atoms with E-state index in [0.717, 1.165) is 0 Å². The van der Waals surface area contributed by atoms with Gasteiger partial charge in [0, 0.05) is 4.75 Å². The zero-order valence-electron chi connectivity index (χ0n) is 4.99. The smallest absolute Gasteiger partial charge is 0.0159 e. The first-order valence-corrected chi connectivity index (χ1v) is 4.37. The Labute approximate surface area is 52.3 Å². The summed E-state index contributed by atoms with van der Waals surface area (Å²) in [7, 11) is 5.46. The lowest BCUT2D eigenvalue weighted by molar-refractivity contribution is 0.808. The molecule has 0 nitrogen and oxygen atoms in total. The van der Waals surface area contributed by atoms with E-state index in [4.69, 9.17) is 10.7 Å². The van der Waals surface area contributed by atoms with Crippen molar-refractivity contribution >= 4 is 26.3 Å². The lowest BCUT2D eigenvalue weighted by Gasteiger charge is -2.15. The van der Waals surface area contributed by atoms with Gasteiger partial charge in [0.25, 0.3) is 0 Å². The lowest BCUT2D eigenvalue weighted by atomic mass is 10.3. The number of rotatable bonds is 0. The van der Waals surface area contributed by atoms with Crippen LogP contribution in [0.15, 0.2) is 0 Å². The summed E-state index contributed by atoms with van der Waals surface area (Å²) in [6, 6.07) is 0. The van der Waals surface area contributed by atoms with Crippen LogP contribution in [0.2, 0.25) is 0 Å². The SMILES string of the molecule is C=S(Cl)C(C)(C)C. The first-order valence-electron chi connectivity index (χ1n) is 2.15. The van der Waals surface area contributed by atoms with Gasteiger partial charge in [0.05, 0.1) is 0 Å². The highest BCUT2D eigenvalue weighted by atomic mass is 35.7. The zero-order valence-corrected chi connectivity index (χ0v) is 6.57. The molecular weight excluding hydrogens is 128 g/mol. The number of hydrogen-bond donors (Lipinski definition) is 0. The predicted molar refractivity (Wildman–Crippen MR) is 40.3 cm³/mol. The minimum atomic E-state index is -0.211. The van der Waals surface area contributed by atoms with Gasteiger partial charge in [-0.1, -0.05) is 47.0 Å². The fourth-order valence-corrected chi connectivity index (χ4v) is 0. The minimum absolute atomic E-state index is 0.182. The second-order valence-corrected chi connectivity index (χ2v) is 5.45. The summed E-state index contributed by atoms with van der Waals surface area (Å²) >= 11 is 0. The molecule has 0 saturated carbocycles. The van der Waals surface area contributed by atoms with Crippen LogP contribution in [0, 0.1) is 0 Å². The molecule has 0 heterocycles. The fraction of sp³-hybridized carbons (Fsp3) is 0.800. The second kappa shape index (κ2) is 2.19. The molecule has 0 radical (unpaired) electrons. The normalized spacial score (nSPS) is 16.6. The maximum Gasteiger partial charge on any atom is 0.0159 e. The average Bonchev–Trinajstić information content (AvgIpc) is 1.31. The standard InChI is InChI=1S/C5H11ClS/c1-5(2,3)7(4)6/h4H2,1-3H3. The van der Waals surface area contributed by atoms with Gasteiger partial charge < -0.3 is 0 Å². The van der Waals surface area contributed by atoms with E-state index in [1.165, 1.54) is 0 Å². The van der Waals surface area contributed by atoms with Crippen molar-refractivity contribution in [2.24, 2.45) is 0 Å². The summed E-state index contributed by atoms with van der Waals surface area (Å²) in [6.07, 6.45) is 0. The van der Waals surface area contributed by atoms with Crippen LogP contribution in [0.3, 0.4) is 0 Å². The van der Waals surface area contributed by atoms with E-state index >= 15 is 0 Å². The molecule has 0 aliphatic carbocycles. The molecule has 44 valence electrons. The van der Waals surface area contributed by atoms with Gasteiger partial charge in [-0.25, -0.2) is 0 Å². The molecule has 1 unspecified atom stereocenters. The quantitative estimate of drug-likeness (QED) is 0.452. The largest absolute Gasteiger partial charge is 0.0964 e. The van der Waals surface area contributed by atoms with Crippen molar-refractivity contribution in [1.82, 2.24) is 0 Å². The van der Waals surface area contributed by atoms with Crippen LogP contribution in [0.4, 0.5) is 0 Å². The van der Waals surface area contributed by atoms with Crippen molar-refractivity contribution in [3.05, 3.63) is 0 Å². The third-order valence-electron chi connectivity index (χ3n) is 0.664. The molecule has 0 spiro atoms. The van der Waals surface area contributed by atoms with Gasteiger partial charge in [0.15, 0.2) is 0 Å². The Balaban J connectivity index is 3.79. The van der Waals surface area contributed by atoms with Gasteiger partial charge in [-0.3, -0.25) is 0 Å². The van der Waals surface area contributed by atoms with Crippen molar-refractivity contribution in [2.45, 2.75) is 25.5 Å². The van der Waals surface area contributed by atoms with E-state index < -0.39 is 0 Å². The molecule has 0 aliphatic rings. The van der Waals surface area contributed by atoms with Crippen LogP contribution < -0.4 is 0 Å². The molecule has 1 atom stereocenters. The lowest BCUT2D eigenvalue weighted by Crippen LogP contribution is -2.05. The average molecular weight is 139 g/mol. The summed E-state index contributed by atoms with van der Waals surface area (Å²) in [5.74, 6) is 3.70. The Bertz CT molecular complexity index is 80.6. The van der Waals surface area contributed by atoms with E-state index in [-0.39, 0.29) is 14.4 Å². The third kappa shape index (κ3) is 3.12. The summed E-state index contributed by atoms with van der Waals surface area (Å²) in [5, 5.41) is 0. The van der Waals surface area contributed by atoms with Crippen LogP contribution in [-0.4, -0.2) is 10.6 Å². The van der Waals surface area contributed by atoms with Crippen molar-refractivity contribution < 1.29 is 0 Å². The zero-order chi connectivity index (χ0) is 6.08. The molecule has 2 heteroatoms. The van der Waals surface area contributed by atoms with E-state index in [9.17, 15) is 0 Å². The first-order chi connectivity index (χ1) is 2.94. The Morgan fingerprint density at radius 2 is 1.57 bits per heavy atom. The molecule has 0 saturated heterocycles. The molecule has 0 aromatic rings. The molecule has 0 aromatic carbocycles. The van der Waals surface area contributed by atoms with Crippen molar-refractivity contribution in [3.63, 3.8) is 0 Å². The first kappa shape index (κ1) is 7.51. The molecule has 0 aliphatic heterocycles. The molecule has 0 N–H and O–H groups in total. The summed E-state index contributed by atoms with van der Waals surface area (Å²) in [4.78, 5) is 0. The molecule has 0 bridgehead atoms. The fourth-order valence-electron chi connectivity index (χ4n) is 0. The Morgan fingerprint density at radius 1 is 1.43 bits per heavy atom. The van der Waals surface area contributed by atoms with E-state index in [2.05, 4.69) is 26.6 Å². The predicted octanol–water partition coefficient (Wildman–Crippen LogP) is 2.64. The van der Waals surface area contributed by atoms with Gasteiger partial charge in [0.2, 0.25) is 0 Å². The van der Waals surface area contributed by atoms with Crippen LogP contribution in [0.5, 0.6) is 0 Å². The second-order valence-electron chi connectivity index (χ2n) is 2.44. The van der Waals surface area contributed by atoms with Crippen LogP contribution in [0.1, 0.15) is 20.8 Å². The van der Waals surface area contributed by atoms with Gasteiger partial charge >= 0.3 is 0 Å². The molecule has 0 fully saturated rings. The van der Waals surface area contributed by atoms with Crippen molar-refractivity contribution in [3.8, 4) is 0 Å². The molecule has 0 rings (SSSR count). The van der Waals surface area contributed by atoms with Gasteiger partial charge in [0.1, 0.15) is 0 Å². The van der Waals surface area contributed by atoms with Gasteiger partial charge in [-0.05, 0) is 0 Å². The van der Waals surface area contributed by atoms with Gasteiger partial charge in [-0.2, -0.15) is 0 Å². The highest BCUT2D eigenvalue weighted by Crippen LogP contribution is 2.33. The summed E-state index contributed by atoms with van der Waals surface area (Å²) < 4.78 is 0.182. The Kier molecular flexibility index (Phi) is 2.34. The molecule has 7 heavy (non-hydrogen) atoms. The monoisotopic (exact) mass is 138 g/mol. The highest BCUT2D eigenvalue weighted by Gasteiger charge is 2.09. The van der Waals surface area contributed by atoms with E-state index in [1.54, 1.807) is 0 Å². The van der Waals surface area contributed by atoms with Crippen LogP contribution in [0.25, 0.3) is 0 Å².